The number of benzene rings is 1. The zero-order chi connectivity index (χ0) is 14.9. The lowest BCUT2D eigenvalue weighted by atomic mass is 9.94. The van der Waals surface area contributed by atoms with Crippen LogP contribution in [0, 0.1) is 0 Å². The number of rotatable bonds is 3. The number of amides is 1. The van der Waals surface area contributed by atoms with Gasteiger partial charge in [0.05, 0.1) is 0 Å². The van der Waals surface area contributed by atoms with Crippen LogP contribution in [-0.4, -0.2) is 18.8 Å². The second-order valence-electron chi connectivity index (χ2n) is 3.46. The Hall–Kier alpha value is -1.80. The van der Waals surface area contributed by atoms with Crippen LogP contribution in [0.3, 0.4) is 0 Å². The van der Waals surface area contributed by atoms with Gasteiger partial charge in [0, 0.05) is 11.3 Å². The van der Waals surface area contributed by atoms with Crippen LogP contribution in [0.5, 0.6) is 0 Å². The summed E-state index contributed by atoms with van der Waals surface area (Å²) in [6.45, 7) is 0. The Balaban J connectivity index is 3.43. The SMILES string of the molecule is O=[C]Nc1cccc(C(F)(C(F)(F)F)C(F)(F)F)c1. The monoisotopic (exact) mass is 288 g/mol. The van der Waals surface area contributed by atoms with Crippen molar-refractivity contribution in [1.29, 1.82) is 0 Å². The van der Waals surface area contributed by atoms with Crippen LogP contribution in [0.4, 0.5) is 36.4 Å². The van der Waals surface area contributed by atoms with Crippen LogP contribution >= 0.6 is 0 Å². The van der Waals surface area contributed by atoms with E-state index in [0.29, 0.717) is 6.07 Å². The molecule has 19 heavy (non-hydrogen) atoms. The van der Waals surface area contributed by atoms with Gasteiger partial charge in [-0.25, -0.2) is 4.39 Å². The molecule has 0 aliphatic rings. The molecule has 1 rings (SSSR count). The van der Waals surface area contributed by atoms with Gasteiger partial charge in [0.15, 0.2) is 0 Å². The molecule has 0 fully saturated rings. The highest BCUT2D eigenvalue weighted by molar-refractivity contribution is 5.72. The van der Waals surface area contributed by atoms with Crippen molar-refractivity contribution in [2.24, 2.45) is 0 Å². The molecule has 1 radical (unpaired) electrons. The molecule has 0 bridgehead atoms. The van der Waals surface area contributed by atoms with Crippen molar-refractivity contribution in [2.45, 2.75) is 18.0 Å². The Kier molecular flexibility index (Phi) is 3.78. The smallest absolute Gasteiger partial charge is 0.318 e. The van der Waals surface area contributed by atoms with Gasteiger partial charge in [0.2, 0.25) is 0 Å². The molecule has 0 saturated carbocycles. The third-order valence-corrected chi connectivity index (χ3v) is 2.24. The summed E-state index contributed by atoms with van der Waals surface area (Å²) in [5.41, 5.74) is -7.63. The predicted octanol–water partition coefficient (Wildman–Crippen LogP) is 3.46. The number of hydrogen-bond donors (Lipinski definition) is 1. The van der Waals surface area contributed by atoms with Gasteiger partial charge in [-0.05, 0) is 12.1 Å². The third kappa shape index (κ3) is 2.64. The molecule has 0 unspecified atom stereocenters. The fourth-order valence-corrected chi connectivity index (χ4v) is 1.36. The van der Waals surface area contributed by atoms with Crippen molar-refractivity contribution in [2.75, 3.05) is 5.32 Å². The van der Waals surface area contributed by atoms with E-state index in [-0.39, 0.29) is 6.07 Å². The highest BCUT2D eigenvalue weighted by atomic mass is 19.4. The lowest BCUT2D eigenvalue weighted by Crippen LogP contribution is -2.50. The minimum absolute atomic E-state index is 0.242. The molecule has 0 spiro atoms. The minimum Gasteiger partial charge on any atom is -0.318 e. The first-order valence-electron chi connectivity index (χ1n) is 4.60. The third-order valence-electron chi connectivity index (χ3n) is 2.24. The van der Waals surface area contributed by atoms with E-state index < -0.39 is 29.3 Å². The lowest BCUT2D eigenvalue weighted by molar-refractivity contribution is -0.348. The van der Waals surface area contributed by atoms with E-state index >= 15 is 0 Å². The average molecular weight is 288 g/mol. The molecule has 0 aliphatic carbocycles. The first-order chi connectivity index (χ1) is 8.54. The van der Waals surface area contributed by atoms with Crippen LogP contribution in [0.25, 0.3) is 0 Å². The standard InChI is InChI=1S/C10H5F7NO/c11-8(9(12,13)14,10(15,16)17)6-2-1-3-7(4-6)18-5-19/h1-4H,(H,18,19). The summed E-state index contributed by atoms with van der Waals surface area (Å²) < 4.78 is 88.0. The van der Waals surface area contributed by atoms with Crippen LogP contribution in [0.1, 0.15) is 5.56 Å². The van der Waals surface area contributed by atoms with Crippen LogP contribution in [-0.2, 0) is 10.5 Å². The van der Waals surface area contributed by atoms with E-state index in [4.69, 9.17) is 0 Å². The molecule has 0 heterocycles. The van der Waals surface area contributed by atoms with E-state index in [1.807, 2.05) is 0 Å². The van der Waals surface area contributed by atoms with Gasteiger partial charge in [0.25, 0.3) is 0 Å². The van der Waals surface area contributed by atoms with Crippen molar-refractivity contribution in [3.63, 3.8) is 0 Å². The minimum atomic E-state index is -6.19. The predicted molar refractivity (Wildman–Crippen MR) is 50.7 cm³/mol. The van der Waals surface area contributed by atoms with Crippen molar-refractivity contribution in [3.05, 3.63) is 29.8 Å². The first kappa shape index (κ1) is 15.3. The fraction of sp³-hybridized carbons (Fsp3) is 0.300. The van der Waals surface area contributed by atoms with Crippen molar-refractivity contribution >= 4 is 12.1 Å². The van der Waals surface area contributed by atoms with Crippen LogP contribution < -0.4 is 5.32 Å². The number of nitrogens with one attached hydrogen (secondary N) is 1. The molecule has 1 aromatic rings. The van der Waals surface area contributed by atoms with Gasteiger partial charge in [-0.3, -0.25) is 4.79 Å². The number of halogens is 7. The topological polar surface area (TPSA) is 29.1 Å². The molecule has 2 nitrogen and oxygen atoms in total. The van der Waals surface area contributed by atoms with Crippen LogP contribution in [0.2, 0.25) is 0 Å². The maximum atomic E-state index is 13.6. The first-order valence-corrected chi connectivity index (χ1v) is 4.60. The van der Waals surface area contributed by atoms with Crippen LogP contribution in [0.15, 0.2) is 24.3 Å². The van der Waals surface area contributed by atoms with Gasteiger partial charge in [-0.1, -0.05) is 12.1 Å². The Bertz CT molecular complexity index is 452. The van der Waals surface area contributed by atoms with Gasteiger partial charge < -0.3 is 5.32 Å². The Morgan fingerprint density at radius 2 is 1.47 bits per heavy atom. The van der Waals surface area contributed by atoms with Gasteiger partial charge in [0.1, 0.15) is 0 Å². The summed E-state index contributed by atoms with van der Waals surface area (Å²) in [5, 5.41) is 1.72. The van der Waals surface area contributed by atoms with E-state index in [1.165, 1.54) is 0 Å². The molecular formula is C10H5F7NO. The summed E-state index contributed by atoms with van der Waals surface area (Å²) in [6.07, 6.45) is -11.3. The molecule has 0 aromatic heterocycles. The quantitative estimate of drug-likeness (QED) is 0.670. The fourth-order valence-electron chi connectivity index (χ4n) is 1.36. The number of hydrogen-bond acceptors (Lipinski definition) is 1. The highest BCUT2D eigenvalue weighted by Crippen LogP contribution is 2.53. The second kappa shape index (κ2) is 4.71. The van der Waals surface area contributed by atoms with Crippen molar-refractivity contribution in [1.82, 2.24) is 0 Å². The Morgan fingerprint density at radius 1 is 0.947 bits per heavy atom. The molecule has 9 heteroatoms. The molecule has 0 saturated heterocycles. The molecule has 1 N–H and O–H groups in total. The summed E-state index contributed by atoms with van der Waals surface area (Å²) in [4.78, 5) is 9.95. The van der Waals surface area contributed by atoms with Crippen molar-refractivity contribution in [3.8, 4) is 0 Å². The van der Waals surface area contributed by atoms with E-state index in [2.05, 4.69) is 0 Å². The Morgan fingerprint density at radius 3 is 1.89 bits per heavy atom. The molecule has 105 valence electrons. The maximum absolute atomic E-state index is 13.6. The summed E-state index contributed by atoms with van der Waals surface area (Å²) in [5.74, 6) is 0. The normalized spacial score (nSPS) is 13.2. The second-order valence-corrected chi connectivity index (χ2v) is 3.46. The number of carbonyl (C=O) groups excluding carboxylic acids is 1. The van der Waals surface area contributed by atoms with Gasteiger partial charge >= 0.3 is 24.4 Å². The van der Waals surface area contributed by atoms with Crippen molar-refractivity contribution < 1.29 is 35.5 Å². The lowest BCUT2D eigenvalue weighted by Gasteiger charge is -2.30. The molecule has 1 amide bonds. The summed E-state index contributed by atoms with van der Waals surface area (Å²) >= 11 is 0. The Labute approximate surface area is 102 Å². The molecular weight excluding hydrogens is 283 g/mol. The highest BCUT2D eigenvalue weighted by Gasteiger charge is 2.73. The summed E-state index contributed by atoms with van der Waals surface area (Å²) in [6, 6.07) is 2.31. The van der Waals surface area contributed by atoms with E-state index in [9.17, 15) is 35.5 Å². The molecule has 1 aromatic carbocycles. The van der Waals surface area contributed by atoms with E-state index in [1.54, 1.807) is 5.32 Å². The van der Waals surface area contributed by atoms with E-state index in [0.717, 1.165) is 18.5 Å². The zero-order valence-corrected chi connectivity index (χ0v) is 8.86. The summed E-state index contributed by atoms with van der Waals surface area (Å²) in [7, 11) is 0. The largest absolute Gasteiger partial charge is 0.435 e. The molecule has 0 aliphatic heterocycles. The zero-order valence-electron chi connectivity index (χ0n) is 8.86. The number of anilines is 1. The average Bonchev–Trinajstić information content (AvgIpc) is 2.25. The molecule has 0 atom stereocenters. The number of alkyl halides is 7. The van der Waals surface area contributed by atoms with Gasteiger partial charge in [-0.2, -0.15) is 26.3 Å². The van der Waals surface area contributed by atoms with Gasteiger partial charge in [-0.15, -0.1) is 0 Å². The maximum Gasteiger partial charge on any atom is 0.435 e.